The topological polar surface area (TPSA) is 173 Å². The first-order valence-corrected chi connectivity index (χ1v) is 12.5. The van der Waals surface area contributed by atoms with E-state index in [1.807, 2.05) is 19.0 Å². The largest absolute Gasteiger partial charge is 0.508 e. The fourth-order valence-electron chi connectivity index (χ4n) is 6.05. The summed E-state index contributed by atoms with van der Waals surface area (Å²) in [5, 5.41) is 47.7. The van der Waals surface area contributed by atoms with E-state index in [0.717, 1.165) is 24.2 Å². The Bertz CT molecular complexity index is 1250. The summed E-state index contributed by atoms with van der Waals surface area (Å²) in [6.45, 7) is 5.57. The van der Waals surface area contributed by atoms with Crippen LogP contribution in [0, 0.1) is 17.8 Å². The molecule has 10 heteroatoms. The zero-order valence-electron chi connectivity index (χ0n) is 21.6. The maximum absolute atomic E-state index is 13.6. The summed E-state index contributed by atoms with van der Waals surface area (Å²) in [4.78, 5) is 39.8. The molecule has 1 saturated carbocycles. The van der Waals surface area contributed by atoms with Crippen molar-refractivity contribution in [3.8, 4) is 5.75 Å². The zero-order chi connectivity index (χ0) is 27.4. The Morgan fingerprint density at radius 2 is 1.89 bits per heavy atom. The number of rotatable bonds is 7. The number of benzene rings is 1. The third-order valence-electron chi connectivity index (χ3n) is 7.78. The van der Waals surface area contributed by atoms with Crippen molar-refractivity contribution in [3.63, 3.8) is 0 Å². The van der Waals surface area contributed by atoms with Crippen LogP contribution in [0.15, 0.2) is 23.0 Å². The Labute approximate surface area is 215 Å². The molecule has 0 aliphatic heterocycles. The van der Waals surface area contributed by atoms with Gasteiger partial charge in [-0.25, -0.2) is 0 Å². The van der Waals surface area contributed by atoms with Gasteiger partial charge in [0.05, 0.1) is 5.56 Å². The predicted octanol–water partition coefficient (Wildman–Crippen LogP) is 1.63. The lowest BCUT2D eigenvalue weighted by Gasteiger charge is -2.46. The van der Waals surface area contributed by atoms with Gasteiger partial charge in [-0.05, 0) is 54.8 Å². The van der Waals surface area contributed by atoms with E-state index in [1.54, 1.807) is 6.07 Å². The fourth-order valence-corrected chi connectivity index (χ4v) is 6.05. The molecule has 0 spiro atoms. The number of aliphatic hydroxyl groups excluding tert-OH is 2. The van der Waals surface area contributed by atoms with E-state index in [2.05, 4.69) is 19.2 Å². The molecule has 0 bridgehead atoms. The third kappa shape index (κ3) is 4.18. The van der Waals surface area contributed by atoms with Gasteiger partial charge in [0.2, 0.25) is 5.78 Å². The van der Waals surface area contributed by atoms with Crippen LogP contribution in [-0.2, 0) is 27.3 Å². The highest BCUT2D eigenvalue weighted by Gasteiger charge is 2.60. The Morgan fingerprint density at radius 1 is 1.22 bits per heavy atom. The van der Waals surface area contributed by atoms with E-state index in [4.69, 9.17) is 5.73 Å². The maximum atomic E-state index is 13.6. The molecule has 3 aliphatic carbocycles. The van der Waals surface area contributed by atoms with Crippen molar-refractivity contribution in [2.45, 2.75) is 51.7 Å². The smallest absolute Gasteiger partial charge is 0.255 e. The quantitative estimate of drug-likeness (QED) is 0.234. The van der Waals surface area contributed by atoms with E-state index < -0.39 is 52.0 Å². The SMILES string of the molecule is CC(C)CCNCc1cc(O)c2c(c1N(C)C)CC1C[C@H]3CC(=O)C(C(N)=O)=C(O)[C@@]3(O)C(=O)C1=C2O. The van der Waals surface area contributed by atoms with E-state index in [-0.39, 0.29) is 36.1 Å². The highest BCUT2D eigenvalue weighted by Crippen LogP contribution is 2.53. The highest BCUT2D eigenvalue weighted by atomic mass is 16.3. The third-order valence-corrected chi connectivity index (χ3v) is 7.78. The molecule has 1 fully saturated rings. The number of aliphatic hydroxyl groups is 3. The molecule has 7 N–H and O–H groups in total. The number of nitrogens with two attached hydrogens (primary N) is 1. The van der Waals surface area contributed by atoms with Gasteiger partial charge in [-0.1, -0.05) is 13.8 Å². The number of carbonyl (C=O) groups excluding carboxylic acids is 3. The van der Waals surface area contributed by atoms with Crippen LogP contribution in [0.1, 0.15) is 49.8 Å². The van der Waals surface area contributed by atoms with Crippen molar-refractivity contribution >= 4 is 28.9 Å². The Kier molecular flexibility index (Phi) is 6.85. The van der Waals surface area contributed by atoms with Gasteiger partial charge in [-0.15, -0.1) is 0 Å². The molecular weight excluding hydrogens is 478 g/mol. The molecule has 200 valence electrons. The second-order valence-corrected chi connectivity index (χ2v) is 10.9. The second-order valence-electron chi connectivity index (χ2n) is 10.9. The number of amides is 1. The van der Waals surface area contributed by atoms with Crippen LogP contribution in [0.3, 0.4) is 0 Å². The summed E-state index contributed by atoms with van der Waals surface area (Å²) in [6.07, 6.45) is 1.03. The molecule has 1 amide bonds. The van der Waals surface area contributed by atoms with Crippen LogP contribution in [0.2, 0.25) is 0 Å². The number of hydrogen-bond donors (Lipinski definition) is 6. The van der Waals surface area contributed by atoms with Gasteiger partial charge >= 0.3 is 0 Å². The number of anilines is 1. The molecule has 1 aromatic carbocycles. The average Bonchev–Trinajstić information content (AvgIpc) is 2.78. The zero-order valence-corrected chi connectivity index (χ0v) is 21.6. The molecule has 0 saturated heterocycles. The van der Waals surface area contributed by atoms with Crippen LogP contribution in [0.4, 0.5) is 5.69 Å². The van der Waals surface area contributed by atoms with Gasteiger partial charge in [0.1, 0.15) is 22.8 Å². The standard InChI is InChI=1S/C27H35N3O7/c1-12(2)5-6-29-11-14-9-17(31)20-16(22(14)30(3)4)8-13-7-15-10-18(32)21(26(28)36)25(35)27(15,37)24(34)19(13)23(20)33/h9,12-13,15,29,31,33,35,37H,5-8,10-11H2,1-4H3,(H2,28,36)/t13?,15-,27-/m0/s1. The van der Waals surface area contributed by atoms with E-state index in [0.29, 0.717) is 18.0 Å². The Balaban J connectivity index is 1.82. The number of nitrogens with zero attached hydrogens (tertiary/aromatic N) is 1. The van der Waals surface area contributed by atoms with E-state index >= 15 is 0 Å². The second kappa shape index (κ2) is 9.50. The number of fused-ring (bicyclic) bond motifs is 3. The minimum atomic E-state index is -2.56. The number of phenols is 1. The first kappa shape index (κ1) is 26.7. The number of primary amides is 1. The molecule has 3 atom stereocenters. The van der Waals surface area contributed by atoms with E-state index in [9.17, 15) is 34.8 Å². The molecule has 10 nitrogen and oxygen atoms in total. The summed E-state index contributed by atoms with van der Waals surface area (Å²) in [7, 11) is 3.72. The van der Waals surface area contributed by atoms with Crippen molar-refractivity contribution < 1.29 is 34.8 Å². The Hall–Kier alpha value is -3.37. The number of hydrogen-bond acceptors (Lipinski definition) is 9. The summed E-state index contributed by atoms with van der Waals surface area (Å²) < 4.78 is 0. The summed E-state index contributed by atoms with van der Waals surface area (Å²) in [5.74, 6) is -5.74. The molecule has 4 rings (SSSR count). The van der Waals surface area contributed by atoms with Gasteiger partial charge in [0.25, 0.3) is 5.91 Å². The molecule has 3 aliphatic rings. The molecule has 1 unspecified atom stereocenters. The van der Waals surface area contributed by atoms with Crippen molar-refractivity contribution in [2.24, 2.45) is 23.5 Å². The van der Waals surface area contributed by atoms with Crippen LogP contribution in [-0.4, -0.2) is 64.1 Å². The van der Waals surface area contributed by atoms with Crippen LogP contribution >= 0.6 is 0 Å². The van der Waals surface area contributed by atoms with Crippen LogP contribution in [0.5, 0.6) is 5.75 Å². The van der Waals surface area contributed by atoms with Gasteiger partial charge in [-0.3, -0.25) is 14.4 Å². The van der Waals surface area contributed by atoms with Crippen molar-refractivity contribution in [1.29, 1.82) is 0 Å². The molecule has 0 aromatic heterocycles. The predicted molar refractivity (Wildman–Crippen MR) is 137 cm³/mol. The number of aromatic hydroxyl groups is 1. The molecule has 37 heavy (non-hydrogen) atoms. The van der Waals surface area contributed by atoms with E-state index in [1.165, 1.54) is 0 Å². The Morgan fingerprint density at radius 3 is 2.49 bits per heavy atom. The number of Topliss-reactive ketones (excluding diaryl/α,β-unsaturated/α-hetero) is 2. The monoisotopic (exact) mass is 513 g/mol. The number of carbonyl (C=O) groups is 3. The summed E-state index contributed by atoms with van der Waals surface area (Å²) >= 11 is 0. The number of nitrogens with one attached hydrogen (secondary N) is 1. The molecule has 0 radical (unpaired) electrons. The van der Waals surface area contributed by atoms with Crippen molar-refractivity contribution in [1.82, 2.24) is 5.32 Å². The minimum Gasteiger partial charge on any atom is -0.508 e. The van der Waals surface area contributed by atoms with Gasteiger partial charge in [-0.2, -0.15) is 0 Å². The van der Waals surface area contributed by atoms with Crippen molar-refractivity contribution in [2.75, 3.05) is 25.5 Å². The number of ketones is 2. The van der Waals surface area contributed by atoms with Crippen LogP contribution < -0.4 is 16.0 Å². The minimum absolute atomic E-state index is 0.0989. The lowest BCUT2D eigenvalue weighted by molar-refractivity contribution is -0.147. The van der Waals surface area contributed by atoms with Gasteiger partial charge < -0.3 is 36.4 Å². The summed E-state index contributed by atoms with van der Waals surface area (Å²) in [6, 6.07) is 1.56. The lowest BCUT2D eigenvalue weighted by Crippen LogP contribution is -2.58. The van der Waals surface area contributed by atoms with Gasteiger partial charge in [0.15, 0.2) is 11.4 Å². The van der Waals surface area contributed by atoms with Gasteiger partial charge in [0, 0.05) is 44.2 Å². The lowest BCUT2D eigenvalue weighted by atomic mass is 9.59. The fraction of sp³-hybridized carbons (Fsp3) is 0.519. The normalized spacial score (nSPS) is 25.2. The average molecular weight is 514 g/mol. The summed E-state index contributed by atoms with van der Waals surface area (Å²) in [5.41, 5.74) is 4.13. The van der Waals surface area contributed by atoms with Crippen molar-refractivity contribution in [3.05, 3.63) is 39.7 Å². The van der Waals surface area contributed by atoms with Crippen LogP contribution in [0.25, 0.3) is 5.76 Å². The number of phenolic OH excluding ortho intramolecular Hbond substituents is 1. The first-order chi connectivity index (χ1) is 17.3. The maximum Gasteiger partial charge on any atom is 0.255 e. The first-order valence-electron chi connectivity index (χ1n) is 12.5. The molecular formula is C27H35N3O7. The molecule has 1 aromatic rings. The molecule has 0 heterocycles. The highest BCUT2D eigenvalue weighted by molar-refractivity contribution is 6.22.